The Balaban J connectivity index is 0.00000123. The molecule has 9 rings (SSSR count). The smallest absolute Gasteiger partial charge is 0.274 e. The summed E-state index contributed by atoms with van der Waals surface area (Å²) in [6.07, 6.45) is 9.10. The Kier molecular flexibility index (Phi) is 19.4. The summed E-state index contributed by atoms with van der Waals surface area (Å²) >= 11 is 0. The molecule has 3 aliphatic heterocycles. The number of nitrogens with two attached hydrogens (primary N) is 2. The summed E-state index contributed by atoms with van der Waals surface area (Å²) in [4.78, 5) is 80.3. The van der Waals surface area contributed by atoms with Crippen molar-refractivity contribution in [3.05, 3.63) is 118 Å². The van der Waals surface area contributed by atoms with Crippen LogP contribution in [0.3, 0.4) is 0 Å². The maximum Gasteiger partial charge on any atom is 0.274 e. The number of nitrogens with one attached hydrogen (secondary N) is 3. The average molecular weight is 1000 g/mol. The number of anilines is 1. The molecule has 4 aromatic rings. The van der Waals surface area contributed by atoms with Crippen LogP contribution in [0.15, 0.2) is 79.0 Å². The van der Waals surface area contributed by atoms with Crippen molar-refractivity contribution in [1.29, 1.82) is 5.41 Å². The zero-order valence-electron chi connectivity index (χ0n) is 42.8. The van der Waals surface area contributed by atoms with Crippen LogP contribution < -0.4 is 22.1 Å². The van der Waals surface area contributed by atoms with E-state index in [0.717, 1.165) is 76.0 Å². The Morgan fingerprint density at radius 3 is 1.99 bits per heavy atom. The molecular weight excluding hydrogens is 926 g/mol. The van der Waals surface area contributed by atoms with Crippen molar-refractivity contribution >= 4 is 40.9 Å². The van der Waals surface area contributed by atoms with Crippen molar-refractivity contribution < 1.29 is 28.4 Å². The highest BCUT2D eigenvalue weighted by atomic mass is 19.1. The van der Waals surface area contributed by atoms with Crippen LogP contribution in [0.4, 0.5) is 10.1 Å². The molecule has 73 heavy (non-hydrogen) atoms. The number of rotatable bonds is 16. The zero-order chi connectivity index (χ0) is 52.0. The fourth-order valence-corrected chi connectivity index (χ4v) is 9.37. The molecule has 0 unspecified atom stereocenters. The first-order chi connectivity index (χ1) is 35.3. The molecule has 17 heteroatoms. The number of pyridine rings is 1. The Hall–Kier alpha value is -6.40. The van der Waals surface area contributed by atoms with Gasteiger partial charge in [-0.3, -0.25) is 28.9 Å². The molecule has 3 aromatic carbocycles. The van der Waals surface area contributed by atoms with Gasteiger partial charge in [0.25, 0.3) is 11.8 Å². The minimum absolute atomic E-state index is 0.00740. The first-order valence-electron chi connectivity index (χ1n) is 26.3. The molecule has 4 heterocycles. The molecule has 2 saturated carbocycles. The second kappa shape index (κ2) is 26.0. The van der Waals surface area contributed by atoms with Crippen molar-refractivity contribution in [2.45, 2.75) is 84.2 Å². The number of piperidine rings is 1. The van der Waals surface area contributed by atoms with Crippen LogP contribution in [-0.2, 0) is 22.4 Å². The van der Waals surface area contributed by atoms with Gasteiger partial charge in [-0.2, -0.15) is 0 Å². The summed E-state index contributed by atoms with van der Waals surface area (Å²) in [5, 5.41) is 14.8. The molecule has 5 fully saturated rings. The van der Waals surface area contributed by atoms with E-state index in [2.05, 4.69) is 44.5 Å². The molecule has 7 N–H and O–H groups in total. The van der Waals surface area contributed by atoms with E-state index >= 15 is 4.39 Å². The first kappa shape index (κ1) is 54.4. The number of nitrogens with zero attached hydrogens (tertiary/aromatic N) is 6. The second-order valence-electron chi connectivity index (χ2n) is 19.6. The normalized spacial score (nSPS) is 17.4. The molecule has 0 spiro atoms. The molecule has 5 aliphatic rings. The van der Waals surface area contributed by atoms with Gasteiger partial charge in [0.2, 0.25) is 17.7 Å². The molecule has 16 nitrogen and oxygen atoms in total. The van der Waals surface area contributed by atoms with E-state index in [1.807, 2.05) is 36.9 Å². The highest BCUT2D eigenvalue weighted by molar-refractivity contribution is 6.09. The van der Waals surface area contributed by atoms with Gasteiger partial charge in [-0.05, 0) is 91.8 Å². The SMILES string of the molecule is CC.CCc1cccc(-c2cnc(C(=O)N3CCC(CN4CCN(CC(=O)N5CCN(C(=O)c6cc(CC(=N)c7ccccc7C(N)=O)ccc6F)CC5)CC4)CC3)c(NC(=O)CNC3CC3)c2)c1.NC1CC1. The Labute approximate surface area is 429 Å². The van der Waals surface area contributed by atoms with Crippen LogP contribution in [0.5, 0.6) is 0 Å². The third-order valence-electron chi connectivity index (χ3n) is 14.1. The lowest BCUT2D eigenvalue weighted by Crippen LogP contribution is -2.55. The monoisotopic (exact) mass is 1000 g/mol. The van der Waals surface area contributed by atoms with E-state index in [1.165, 1.54) is 36.6 Å². The second-order valence-corrected chi connectivity index (χ2v) is 19.6. The lowest BCUT2D eigenvalue weighted by molar-refractivity contribution is -0.134. The minimum Gasteiger partial charge on any atom is -0.366 e. The van der Waals surface area contributed by atoms with Gasteiger partial charge in [0.15, 0.2) is 5.69 Å². The Bertz CT molecular complexity index is 2580. The number of aryl methyl sites for hydroxylation is 1. The molecule has 1 aromatic heterocycles. The van der Waals surface area contributed by atoms with Gasteiger partial charge in [0.1, 0.15) is 5.82 Å². The third-order valence-corrected chi connectivity index (χ3v) is 14.1. The summed E-state index contributed by atoms with van der Waals surface area (Å²) in [5.41, 5.74) is 15.6. The molecule has 390 valence electrons. The van der Waals surface area contributed by atoms with Crippen LogP contribution in [0.25, 0.3) is 11.1 Å². The van der Waals surface area contributed by atoms with Gasteiger partial charge in [0, 0.05) is 119 Å². The topological polar surface area (TPSA) is 214 Å². The fraction of sp³-hybridized carbons (Fsp3) is 0.482. The van der Waals surface area contributed by atoms with Crippen LogP contribution in [0.1, 0.15) is 107 Å². The minimum atomic E-state index is -0.659. The summed E-state index contributed by atoms with van der Waals surface area (Å²) in [6, 6.07) is 21.8. The predicted molar refractivity (Wildman–Crippen MR) is 283 cm³/mol. The molecule has 0 atom stereocenters. The van der Waals surface area contributed by atoms with E-state index in [-0.39, 0.29) is 66.3 Å². The number of amides is 5. The van der Waals surface area contributed by atoms with E-state index in [9.17, 15) is 24.0 Å². The maximum absolute atomic E-state index is 15.0. The number of aromatic nitrogens is 1. The summed E-state index contributed by atoms with van der Waals surface area (Å²) in [6.45, 7) is 13.2. The molecule has 3 saturated heterocycles. The highest BCUT2D eigenvalue weighted by Crippen LogP contribution is 2.28. The summed E-state index contributed by atoms with van der Waals surface area (Å²) in [7, 11) is 0. The number of carbonyl (C=O) groups excluding carboxylic acids is 5. The number of hydrogen-bond donors (Lipinski definition) is 5. The van der Waals surface area contributed by atoms with Crippen LogP contribution in [-0.4, -0.2) is 162 Å². The maximum atomic E-state index is 15.0. The quantitative estimate of drug-likeness (QED) is 0.0897. The molecule has 5 amide bonds. The zero-order valence-corrected chi connectivity index (χ0v) is 42.8. The van der Waals surface area contributed by atoms with Crippen LogP contribution in [0.2, 0.25) is 0 Å². The van der Waals surface area contributed by atoms with E-state index in [0.29, 0.717) is 67.5 Å². The lowest BCUT2D eigenvalue weighted by Gasteiger charge is -2.40. The predicted octanol–water partition coefficient (Wildman–Crippen LogP) is 5.44. The standard InChI is InChI=1S/C51H61FN10O5.C3H7N.C2H6/c1-2-34-6-5-7-37(26-34)38-29-45(57-46(63)31-55-39-11-12-39)48(56-30-38)51(67)61-16-14-35(15-17-61)32-58-18-20-59(21-19-58)33-47(64)60-22-24-62(25-23-60)50(66)42-27-36(10-13-43(42)52)28-44(53)40-8-3-4-9-41(40)49(54)65;4-3-1-2-3;1-2/h3-10,13,26-27,29-30,35,39,53,55H,2,11-12,14-25,28,31-33H2,1H3,(H2,54,65)(H,57,63);3H,1-2,4H2;1-2H3. The number of halogens is 1. The molecular formula is C56H74FN11O5. The van der Waals surface area contributed by atoms with Crippen molar-refractivity contribution in [2.24, 2.45) is 17.4 Å². The van der Waals surface area contributed by atoms with Gasteiger partial charge < -0.3 is 47.1 Å². The average Bonchev–Trinajstić information content (AvgIpc) is 4.38. The van der Waals surface area contributed by atoms with Crippen molar-refractivity contribution in [2.75, 3.05) is 90.4 Å². The third kappa shape index (κ3) is 15.3. The van der Waals surface area contributed by atoms with Gasteiger partial charge >= 0.3 is 0 Å². The van der Waals surface area contributed by atoms with Crippen molar-refractivity contribution in [3.63, 3.8) is 0 Å². The van der Waals surface area contributed by atoms with Gasteiger partial charge in [-0.15, -0.1) is 0 Å². The lowest BCUT2D eigenvalue weighted by atomic mass is 9.95. The van der Waals surface area contributed by atoms with E-state index in [1.54, 1.807) is 40.3 Å². The van der Waals surface area contributed by atoms with Gasteiger partial charge in [-0.1, -0.05) is 69.3 Å². The van der Waals surface area contributed by atoms with Crippen LogP contribution in [0, 0.1) is 17.1 Å². The Morgan fingerprint density at radius 1 is 0.699 bits per heavy atom. The highest BCUT2D eigenvalue weighted by Gasteiger charge is 2.32. The van der Waals surface area contributed by atoms with E-state index in [4.69, 9.17) is 16.9 Å². The molecule has 2 aliphatic carbocycles. The van der Waals surface area contributed by atoms with Crippen LogP contribution >= 0.6 is 0 Å². The number of carbonyl (C=O) groups is 5. The van der Waals surface area contributed by atoms with Gasteiger partial charge in [-0.25, -0.2) is 9.37 Å². The number of hydrogen-bond acceptors (Lipinski definition) is 11. The van der Waals surface area contributed by atoms with Crippen molar-refractivity contribution in [3.8, 4) is 11.1 Å². The number of primary amides is 1. The Morgan fingerprint density at radius 2 is 1.34 bits per heavy atom. The summed E-state index contributed by atoms with van der Waals surface area (Å²) in [5.74, 6) is -1.70. The van der Waals surface area contributed by atoms with Crippen molar-refractivity contribution in [1.82, 2.24) is 34.8 Å². The molecule has 0 radical (unpaired) electrons. The number of piperazine rings is 2. The van der Waals surface area contributed by atoms with E-state index < -0.39 is 17.6 Å². The molecule has 0 bridgehead atoms. The summed E-state index contributed by atoms with van der Waals surface area (Å²) < 4.78 is 15.0. The fourth-order valence-electron chi connectivity index (χ4n) is 9.37. The first-order valence-corrected chi connectivity index (χ1v) is 26.3. The number of likely N-dealkylation sites (tertiary alicyclic amines) is 1. The van der Waals surface area contributed by atoms with Gasteiger partial charge in [0.05, 0.1) is 24.3 Å². The largest absolute Gasteiger partial charge is 0.366 e. The number of benzene rings is 3.